The maximum atomic E-state index is 12.7. The van der Waals surface area contributed by atoms with Crippen LogP contribution in [0.25, 0.3) is 6.08 Å². The van der Waals surface area contributed by atoms with Gasteiger partial charge in [-0.2, -0.15) is 0 Å². The van der Waals surface area contributed by atoms with Gasteiger partial charge in [-0.3, -0.25) is 4.79 Å². The third-order valence-electron chi connectivity index (χ3n) is 4.43. The molecule has 0 saturated carbocycles. The average Bonchev–Trinajstić information content (AvgIpc) is 2.78. The fraction of sp³-hybridized carbons (Fsp3) is 0.120. The molecule has 152 valence electrons. The number of carboxylic acid groups (broad SMARTS) is 1. The lowest BCUT2D eigenvalue weighted by Crippen LogP contribution is -2.26. The summed E-state index contributed by atoms with van der Waals surface area (Å²) in [7, 11) is 0. The number of anilines is 2. The Morgan fingerprint density at radius 3 is 1.93 bits per heavy atom. The van der Waals surface area contributed by atoms with Gasteiger partial charge in [-0.25, -0.2) is 9.69 Å². The van der Waals surface area contributed by atoms with Gasteiger partial charge in [0.25, 0.3) is 0 Å². The van der Waals surface area contributed by atoms with Crippen molar-refractivity contribution < 1.29 is 19.4 Å². The number of hydrogen-bond donors (Lipinski definition) is 1. The molecule has 0 spiro atoms. The minimum atomic E-state index is -0.805. The van der Waals surface area contributed by atoms with E-state index in [0.29, 0.717) is 6.42 Å². The van der Waals surface area contributed by atoms with Gasteiger partial charge in [-0.1, -0.05) is 66.7 Å². The van der Waals surface area contributed by atoms with E-state index in [4.69, 9.17) is 9.84 Å². The molecule has 5 heteroatoms. The van der Waals surface area contributed by atoms with Crippen LogP contribution in [0.4, 0.5) is 16.2 Å². The van der Waals surface area contributed by atoms with Gasteiger partial charge < -0.3 is 9.84 Å². The maximum absolute atomic E-state index is 12.7. The number of aliphatic carboxylic acids is 1. The van der Waals surface area contributed by atoms with Crippen LogP contribution >= 0.6 is 0 Å². The summed E-state index contributed by atoms with van der Waals surface area (Å²) in [4.78, 5) is 24.9. The molecule has 0 aliphatic carbocycles. The lowest BCUT2D eigenvalue weighted by Gasteiger charge is -2.22. The molecule has 1 N–H and O–H groups in total. The third-order valence-corrected chi connectivity index (χ3v) is 4.43. The van der Waals surface area contributed by atoms with Crippen molar-refractivity contribution in [2.75, 3.05) is 11.5 Å². The second kappa shape index (κ2) is 10.6. The number of carbonyl (C=O) groups is 2. The predicted molar refractivity (Wildman–Crippen MR) is 118 cm³/mol. The number of hydrogen-bond acceptors (Lipinski definition) is 3. The van der Waals surface area contributed by atoms with Crippen molar-refractivity contribution in [1.82, 2.24) is 0 Å². The topological polar surface area (TPSA) is 66.8 Å². The van der Waals surface area contributed by atoms with Crippen molar-refractivity contribution in [2.45, 2.75) is 12.8 Å². The molecule has 3 rings (SSSR count). The summed E-state index contributed by atoms with van der Waals surface area (Å²) in [6.07, 6.45) is 3.80. The van der Waals surface area contributed by atoms with Crippen molar-refractivity contribution in [2.24, 2.45) is 0 Å². The number of rotatable bonds is 8. The monoisotopic (exact) mass is 401 g/mol. The molecule has 0 saturated heterocycles. The molecule has 0 unspecified atom stereocenters. The average molecular weight is 401 g/mol. The van der Waals surface area contributed by atoms with Crippen molar-refractivity contribution in [3.63, 3.8) is 0 Å². The van der Waals surface area contributed by atoms with E-state index in [0.717, 1.165) is 22.5 Å². The Balaban J connectivity index is 1.60. The molecular weight excluding hydrogens is 378 g/mol. The fourth-order valence-electron chi connectivity index (χ4n) is 2.93. The zero-order valence-electron chi connectivity index (χ0n) is 16.5. The number of carbonyl (C=O) groups excluding carboxylic acids is 1. The first-order valence-corrected chi connectivity index (χ1v) is 9.68. The minimum Gasteiger partial charge on any atom is -0.481 e. The third kappa shape index (κ3) is 6.07. The van der Waals surface area contributed by atoms with Crippen LogP contribution in [-0.2, 0) is 16.0 Å². The summed E-state index contributed by atoms with van der Waals surface area (Å²) < 4.78 is 5.46. The number of nitrogens with zero attached hydrogens (tertiary/aromatic N) is 1. The van der Waals surface area contributed by atoms with Gasteiger partial charge in [0.1, 0.15) is 6.61 Å². The highest BCUT2D eigenvalue weighted by Crippen LogP contribution is 2.25. The van der Waals surface area contributed by atoms with Gasteiger partial charge in [-0.15, -0.1) is 0 Å². The Kier molecular flexibility index (Phi) is 7.39. The molecule has 0 aromatic heterocycles. The number of aryl methyl sites for hydroxylation is 1. The van der Waals surface area contributed by atoms with Gasteiger partial charge in [-0.05, 0) is 47.9 Å². The number of para-hydroxylation sites is 2. The molecule has 3 aromatic rings. The highest BCUT2D eigenvalue weighted by atomic mass is 16.6. The van der Waals surface area contributed by atoms with Crippen molar-refractivity contribution in [3.8, 4) is 0 Å². The quantitative estimate of drug-likeness (QED) is 0.526. The molecule has 5 nitrogen and oxygen atoms in total. The zero-order valence-corrected chi connectivity index (χ0v) is 16.5. The first kappa shape index (κ1) is 20.9. The predicted octanol–water partition coefficient (Wildman–Crippen LogP) is 5.69. The highest BCUT2D eigenvalue weighted by molar-refractivity contribution is 5.95. The van der Waals surface area contributed by atoms with E-state index in [1.807, 2.05) is 91.0 Å². The molecule has 0 atom stereocenters. The molecule has 0 fully saturated rings. The zero-order chi connectivity index (χ0) is 21.2. The van der Waals surface area contributed by atoms with E-state index in [-0.39, 0.29) is 13.0 Å². The number of amides is 1. The second-order valence-corrected chi connectivity index (χ2v) is 6.62. The van der Waals surface area contributed by atoms with Gasteiger partial charge in [0.05, 0.1) is 11.4 Å². The van der Waals surface area contributed by atoms with Crippen LogP contribution in [-0.4, -0.2) is 23.8 Å². The molecule has 30 heavy (non-hydrogen) atoms. The van der Waals surface area contributed by atoms with Crippen molar-refractivity contribution in [1.29, 1.82) is 0 Å². The van der Waals surface area contributed by atoms with E-state index in [9.17, 15) is 9.59 Å². The van der Waals surface area contributed by atoms with Crippen LogP contribution in [0, 0.1) is 0 Å². The van der Waals surface area contributed by atoms with Gasteiger partial charge in [0.15, 0.2) is 0 Å². The summed E-state index contributed by atoms with van der Waals surface area (Å²) >= 11 is 0. The lowest BCUT2D eigenvalue weighted by molar-refractivity contribution is -0.136. The molecule has 0 aliphatic heterocycles. The molecule has 0 bridgehead atoms. The largest absolute Gasteiger partial charge is 0.481 e. The van der Waals surface area contributed by atoms with Gasteiger partial charge in [0, 0.05) is 6.42 Å². The van der Waals surface area contributed by atoms with Crippen molar-refractivity contribution in [3.05, 3.63) is 102 Å². The van der Waals surface area contributed by atoms with Crippen LogP contribution in [0.15, 0.2) is 91.0 Å². The molecule has 1 amide bonds. The first-order chi connectivity index (χ1) is 14.6. The van der Waals surface area contributed by atoms with Gasteiger partial charge >= 0.3 is 12.1 Å². The van der Waals surface area contributed by atoms with E-state index >= 15 is 0 Å². The summed E-state index contributed by atoms with van der Waals surface area (Å²) in [6.45, 7) is 0.135. The highest BCUT2D eigenvalue weighted by Gasteiger charge is 2.18. The van der Waals surface area contributed by atoms with Crippen molar-refractivity contribution >= 4 is 29.5 Å². The van der Waals surface area contributed by atoms with Gasteiger partial charge in [0.2, 0.25) is 0 Å². The number of ether oxygens (including phenoxy) is 1. The molecule has 0 radical (unpaired) electrons. The number of benzene rings is 3. The Morgan fingerprint density at radius 2 is 1.40 bits per heavy atom. The molecule has 0 heterocycles. The maximum Gasteiger partial charge on any atom is 0.419 e. The second-order valence-electron chi connectivity index (χ2n) is 6.62. The molecular formula is C25H23NO4. The Morgan fingerprint density at radius 1 is 0.833 bits per heavy atom. The fourth-order valence-corrected chi connectivity index (χ4v) is 2.93. The van der Waals surface area contributed by atoms with Crippen LogP contribution in [0.3, 0.4) is 0 Å². The van der Waals surface area contributed by atoms with Crippen LogP contribution in [0.5, 0.6) is 0 Å². The summed E-state index contributed by atoms with van der Waals surface area (Å²) in [6, 6.07) is 26.3. The Hall–Kier alpha value is -3.86. The van der Waals surface area contributed by atoms with E-state index in [2.05, 4.69) is 0 Å². The van der Waals surface area contributed by atoms with Crippen LogP contribution in [0.2, 0.25) is 0 Å². The van der Waals surface area contributed by atoms with Crippen LogP contribution in [0.1, 0.15) is 17.5 Å². The smallest absolute Gasteiger partial charge is 0.419 e. The van der Waals surface area contributed by atoms with E-state index in [1.54, 1.807) is 6.08 Å². The normalized spacial score (nSPS) is 10.7. The molecule has 0 aliphatic rings. The SMILES string of the molecule is O=C(O)CCc1ccc(/C=C\COC(=O)N(c2ccccc2)c2ccccc2)cc1. The minimum absolute atomic E-state index is 0.116. The van der Waals surface area contributed by atoms with Crippen LogP contribution < -0.4 is 4.90 Å². The first-order valence-electron chi connectivity index (χ1n) is 9.68. The molecule has 3 aromatic carbocycles. The Labute approximate surface area is 175 Å². The number of carboxylic acids is 1. The summed E-state index contributed by atoms with van der Waals surface area (Å²) in [5, 5.41) is 8.75. The summed E-state index contributed by atoms with van der Waals surface area (Å²) in [5.41, 5.74) is 3.39. The van der Waals surface area contributed by atoms with E-state index < -0.39 is 12.1 Å². The summed E-state index contributed by atoms with van der Waals surface area (Å²) in [5.74, 6) is -0.805. The Bertz CT molecular complexity index is 943. The van der Waals surface area contributed by atoms with E-state index in [1.165, 1.54) is 4.90 Å². The standard InChI is InChI=1S/C25H23NO4/c27-24(28)18-17-21-15-13-20(14-16-21)8-7-19-30-25(29)26(22-9-3-1-4-10-22)23-11-5-2-6-12-23/h1-16H,17-19H2,(H,27,28)/b8-7-. The lowest BCUT2D eigenvalue weighted by atomic mass is 10.1.